The van der Waals surface area contributed by atoms with Gasteiger partial charge in [0.25, 0.3) is 5.91 Å². The molecule has 140 valence electrons. The summed E-state index contributed by atoms with van der Waals surface area (Å²) in [6.07, 6.45) is 4.28. The maximum atomic E-state index is 13.6. The fourth-order valence-corrected chi connectivity index (χ4v) is 3.19. The minimum absolute atomic E-state index is 0. The molecule has 0 aliphatic carbocycles. The van der Waals surface area contributed by atoms with Crippen LogP contribution in [0.3, 0.4) is 0 Å². The predicted molar refractivity (Wildman–Crippen MR) is 98.2 cm³/mol. The van der Waals surface area contributed by atoms with Crippen molar-refractivity contribution in [1.29, 1.82) is 0 Å². The monoisotopic (exact) mass is 381 g/mol. The first kappa shape index (κ1) is 20.3. The molecule has 0 saturated carbocycles. The second-order valence-electron chi connectivity index (χ2n) is 6.25. The molecule has 4 nitrogen and oxygen atoms in total. The van der Waals surface area contributed by atoms with Crippen LogP contribution >= 0.6 is 12.4 Å². The number of nitrogens with one attached hydrogen (secondary N) is 1. The highest BCUT2D eigenvalue weighted by molar-refractivity contribution is 5.94. The Balaban J connectivity index is 0.00000243. The van der Waals surface area contributed by atoms with Crippen LogP contribution in [0.25, 0.3) is 0 Å². The van der Waals surface area contributed by atoms with E-state index in [2.05, 4.69) is 10.3 Å². The summed E-state index contributed by atoms with van der Waals surface area (Å²) in [7, 11) is 0. The van der Waals surface area contributed by atoms with E-state index >= 15 is 0 Å². The molecule has 7 heteroatoms. The fourth-order valence-electron chi connectivity index (χ4n) is 3.19. The summed E-state index contributed by atoms with van der Waals surface area (Å²) in [5.41, 5.74) is 0.788. The number of benzene rings is 1. The number of aromatic nitrogens is 1. The number of halogens is 3. The van der Waals surface area contributed by atoms with Gasteiger partial charge in [0.1, 0.15) is 11.6 Å². The Labute approximate surface area is 158 Å². The average molecular weight is 382 g/mol. The van der Waals surface area contributed by atoms with Crippen LogP contribution in [0.1, 0.15) is 35.3 Å². The molecule has 2 heterocycles. The Kier molecular flexibility index (Phi) is 7.48. The van der Waals surface area contributed by atoms with Crippen LogP contribution in [0.15, 0.2) is 42.6 Å². The number of nitrogens with zero attached hydrogens (tertiary/aromatic N) is 2. The van der Waals surface area contributed by atoms with Crippen LogP contribution in [-0.4, -0.2) is 34.9 Å². The second kappa shape index (κ2) is 9.59. The molecule has 1 aromatic carbocycles. The molecule has 1 amide bonds. The zero-order valence-electron chi connectivity index (χ0n) is 14.3. The van der Waals surface area contributed by atoms with E-state index in [1.54, 1.807) is 11.1 Å². The molecule has 2 aromatic rings. The Morgan fingerprint density at radius 1 is 1.15 bits per heavy atom. The zero-order chi connectivity index (χ0) is 17.6. The standard InChI is InChI=1S/C19H21F2N3O.ClH/c20-15-10-14(11-16(21)12-15)19(25)24(13-17-4-1-2-8-23-17)18-5-3-7-22-9-6-18;/h1-2,4,8,10-12,18,22H,3,5-7,9,13H2;1H. The highest BCUT2D eigenvalue weighted by Crippen LogP contribution is 2.20. The van der Waals surface area contributed by atoms with Crippen LogP contribution in [-0.2, 0) is 6.54 Å². The summed E-state index contributed by atoms with van der Waals surface area (Å²) < 4.78 is 27.1. The van der Waals surface area contributed by atoms with E-state index in [0.29, 0.717) is 6.54 Å². The Morgan fingerprint density at radius 3 is 2.62 bits per heavy atom. The lowest BCUT2D eigenvalue weighted by Crippen LogP contribution is -2.40. The van der Waals surface area contributed by atoms with Gasteiger partial charge >= 0.3 is 0 Å². The van der Waals surface area contributed by atoms with Crippen molar-refractivity contribution in [2.45, 2.75) is 31.8 Å². The van der Waals surface area contributed by atoms with E-state index < -0.39 is 11.6 Å². The summed E-state index contributed by atoms with van der Waals surface area (Å²) in [6, 6.07) is 8.49. The smallest absolute Gasteiger partial charge is 0.254 e. The maximum Gasteiger partial charge on any atom is 0.254 e. The van der Waals surface area contributed by atoms with Gasteiger partial charge in [0, 0.05) is 23.9 Å². The Morgan fingerprint density at radius 2 is 1.92 bits per heavy atom. The van der Waals surface area contributed by atoms with Crippen molar-refractivity contribution in [3.63, 3.8) is 0 Å². The van der Waals surface area contributed by atoms with Gasteiger partial charge in [-0.25, -0.2) is 8.78 Å². The number of amides is 1. The van der Waals surface area contributed by atoms with E-state index in [4.69, 9.17) is 0 Å². The fraction of sp³-hybridized carbons (Fsp3) is 0.368. The first-order valence-electron chi connectivity index (χ1n) is 8.51. The molecule has 26 heavy (non-hydrogen) atoms. The third-order valence-corrected chi connectivity index (χ3v) is 4.41. The minimum Gasteiger partial charge on any atom is -0.330 e. The normalized spacial score (nSPS) is 17.1. The molecule has 1 atom stereocenters. The summed E-state index contributed by atoms with van der Waals surface area (Å²) in [5, 5.41) is 3.32. The third kappa shape index (κ3) is 5.22. The van der Waals surface area contributed by atoms with Gasteiger partial charge in [-0.2, -0.15) is 0 Å². The van der Waals surface area contributed by atoms with Gasteiger partial charge in [-0.1, -0.05) is 6.07 Å². The number of hydrogen-bond acceptors (Lipinski definition) is 3. The number of rotatable bonds is 4. The summed E-state index contributed by atoms with van der Waals surface area (Å²) in [4.78, 5) is 19.0. The Bertz CT molecular complexity index is 702. The van der Waals surface area contributed by atoms with Crippen molar-refractivity contribution in [3.8, 4) is 0 Å². The highest BCUT2D eigenvalue weighted by atomic mass is 35.5. The lowest BCUT2D eigenvalue weighted by Gasteiger charge is -2.31. The quantitative estimate of drug-likeness (QED) is 0.880. The molecule has 1 N–H and O–H groups in total. The van der Waals surface area contributed by atoms with E-state index in [9.17, 15) is 13.6 Å². The van der Waals surface area contributed by atoms with E-state index in [-0.39, 0.29) is 29.9 Å². The van der Waals surface area contributed by atoms with Crippen LogP contribution in [0.2, 0.25) is 0 Å². The Hall–Kier alpha value is -2.05. The van der Waals surface area contributed by atoms with Gasteiger partial charge in [-0.3, -0.25) is 9.78 Å². The van der Waals surface area contributed by atoms with Crippen molar-refractivity contribution >= 4 is 18.3 Å². The van der Waals surface area contributed by atoms with Crippen LogP contribution in [0.5, 0.6) is 0 Å². The van der Waals surface area contributed by atoms with E-state index in [1.165, 1.54) is 0 Å². The SMILES string of the molecule is Cl.O=C(c1cc(F)cc(F)c1)N(Cc1ccccn1)C1CCCNCC1. The highest BCUT2D eigenvalue weighted by Gasteiger charge is 2.26. The third-order valence-electron chi connectivity index (χ3n) is 4.41. The molecule has 1 fully saturated rings. The average Bonchev–Trinajstić information content (AvgIpc) is 2.88. The number of carbonyl (C=O) groups is 1. The molecule has 1 saturated heterocycles. The molecule has 0 spiro atoms. The molecule has 1 unspecified atom stereocenters. The zero-order valence-corrected chi connectivity index (χ0v) is 15.1. The lowest BCUT2D eigenvalue weighted by molar-refractivity contribution is 0.0641. The summed E-state index contributed by atoms with van der Waals surface area (Å²) >= 11 is 0. The minimum atomic E-state index is -0.747. The van der Waals surface area contributed by atoms with Gasteiger partial charge in [-0.05, 0) is 56.6 Å². The largest absolute Gasteiger partial charge is 0.330 e. The summed E-state index contributed by atoms with van der Waals surface area (Å²) in [5.74, 6) is -1.86. The molecule has 1 aliphatic rings. The van der Waals surface area contributed by atoms with E-state index in [0.717, 1.165) is 56.2 Å². The predicted octanol–water partition coefficient (Wildman–Crippen LogP) is 3.57. The van der Waals surface area contributed by atoms with Gasteiger partial charge in [0.2, 0.25) is 0 Å². The first-order chi connectivity index (χ1) is 12.1. The molecule has 0 radical (unpaired) electrons. The van der Waals surface area contributed by atoms with Crippen molar-refractivity contribution in [1.82, 2.24) is 15.2 Å². The molecule has 1 aromatic heterocycles. The van der Waals surface area contributed by atoms with Crippen molar-refractivity contribution in [2.75, 3.05) is 13.1 Å². The van der Waals surface area contributed by atoms with Crippen LogP contribution in [0, 0.1) is 11.6 Å². The lowest BCUT2D eigenvalue weighted by atomic mass is 10.0. The maximum absolute atomic E-state index is 13.6. The number of carbonyl (C=O) groups excluding carboxylic acids is 1. The molecule has 1 aliphatic heterocycles. The van der Waals surface area contributed by atoms with Crippen molar-refractivity contribution in [2.24, 2.45) is 0 Å². The van der Waals surface area contributed by atoms with Crippen LogP contribution < -0.4 is 5.32 Å². The van der Waals surface area contributed by atoms with Gasteiger partial charge in [0.05, 0.1) is 12.2 Å². The second-order valence-corrected chi connectivity index (χ2v) is 6.25. The van der Waals surface area contributed by atoms with Crippen LogP contribution in [0.4, 0.5) is 8.78 Å². The van der Waals surface area contributed by atoms with Crippen molar-refractivity contribution < 1.29 is 13.6 Å². The number of hydrogen-bond donors (Lipinski definition) is 1. The molecular weight excluding hydrogens is 360 g/mol. The van der Waals surface area contributed by atoms with Gasteiger partial charge in [0.15, 0.2) is 0 Å². The molecule has 3 rings (SSSR count). The van der Waals surface area contributed by atoms with Gasteiger partial charge in [-0.15, -0.1) is 12.4 Å². The van der Waals surface area contributed by atoms with Crippen molar-refractivity contribution in [3.05, 3.63) is 65.5 Å². The first-order valence-corrected chi connectivity index (χ1v) is 8.51. The molecule has 0 bridgehead atoms. The van der Waals surface area contributed by atoms with Gasteiger partial charge < -0.3 is 10.2 Å². The van der Waals surface area contributed by atoms with E-state index in [1.807, 2.05) is 18.2 Å². The number of pyridine rings is 1. The molecular formula is C19H22ClF2N3O. The topological polar surface area (TPSA) is 45.2 Å². The summed E-state index contributed by atoms with van der Waals surface area (Å²) in [6.45, 7) is 2.05.